The van der Waals surface area contributed by atoms with Crippen LogP contribution in [0.4, 0.5) is 7.77 Å². The lowest BCUT2D eigenvalue weighted by Crippen LogP contribution is -2.16. The van der Waals surface area contributed by atoms with Crippen LogP contribution in [0, 0.1) is 0 Å². The molecule has 7 nitrogen and oxygen atoms in total. The molecule has 0 bridgehead atoms. The average molecular weight is 462 g/mol. The standard InChI is InChI=1S/C19H20F2O7S2/c1-13(17-7-3-15(4-8-17)11-27-29(20,23)24)19(22)14(2)18-9-5-16(6-10-18)12-28-30(21,25)26/h3-10,13-14H,11-12H2,1-2H3. The summed E-state index contributed by atoms with van der Waals surface area (Å²) in [4.78, 5) is 12.8. The van der Waals surface area contributed by atoms with Crippen LogP contribution in [0.15, 0.2) is 48.5 Å². The molecule has 0 heterocycles. The number of Topliss-reactive ketones (excluding diaryl/α,β-unsaturated/α-hetero) is 1. The van der Waals surface area contributed by atoms with Gasteiger partial charge in [-0.3, -0.25) is 4.79 Å². The monoisotopic (exact) mass is 462 g/mol. The van der Waals surface area contributed by atoms with Crippen LogP contribution < -0.4 is 0 Å². The summed E-state index contributed by atoms with van der Waals surface area (Å²) in [6, 6.07) is 12.7. The van der Waals surface area contributed by atoms with Crippen LogP contribution in [0.2, 0.25) is 0 Å². The largest absolute Gasteiger partial charge is 0.437 e. The van der Waals surface area contributed by atoms with Crippen molar-refractivity contribution in [1.29, 1.82) is 0 Å². The molecule has 164 valence electrons. The van der Waals surface area contributed by atoms with Gasteiger partial charge in [0.2, 0.25) is 0 Å². The molecule has 0 amide bonds. The summed E-state index contributed by atoms with van der Waals surface area (Å²) in [7, 11) is -10.1. The molecule has 0 aliphatic heterocycles. The first kappa shape index (κ1) is 24.1. The lowest BCUT2D eigenvalue weighted by molar-refractivity contribution is -0.121. The molecule has 0 radical (unpaired) electrons. The number of carbonyl (C=O) groups excluding carboxylic acids is 1. The molecule has 2 rings (SSSR count). The van der Waals surface area contributed by atoms with E-state index in [2.05, 4.69) is 8.37 Å². The number of halogens is 2. The maximum absolute atomic E-state index is 12.8. The quantitative estimate of drug-likeness (QED) is 0.497. The molecule has 0 aromatic heterocycles. The van der Waals surface area contributed by atoms with E-state index in [0.717, 1.165) is 0 Å². The molecular weight excluding hydrogens is 442 g/mol. The van der Waals surface area contributed by atoms with Crippen molar-refractivity contribution in [3.8, 4) is 0 Å². The molecule has 0 spiro atoms. The second kappa shape index (κ2) is 9.73. The fourth-order valence-corrected chi connectivity index (χ4v) is 3.34. The van der Waals surface area contributed by atoms with Crippen molar-refractivity contribution in [2.45, 2.75) is 38.9 Å². The van der Waals surface area contributed by atoms with E-state index in [4.69, 9.17) is 0 Å². The summed E-state index contributed by atoms with van der Waals surface area (Å²) in [5, 5.41) is 0. The zero-order valence-electron chi connectivity index (χ0n) is 16.1. The van der Waals surface area contributed by atoms with E-state index in [1.807, 2.05) is 0 Å². The number of carbonyl (C=O) groups is 1. The van der Waals surface area contributed by atoms with Gasteiger partial charge in [-0.1, -0.05) is 70.1 Å². The van der Waals surface area contributed by atoms with Crippen LogP contribution in [0.5, 0.6) is 0 Å². The Hall–Kier alpha value is -2.21. The smallest absolute Gasteiger partial charge is 0.298 e. The second-order valence-electron chi connectivity index (χ2n) is 6.64. The van der Waals surface area contributed by atoms with Gasteiger partial charge in [0.05, 0.1) is 13.2 Å². The molecule has 0 aliphatic rings. The Labute approximate surface area is 174 Å². The van der Waals surface area contributed by atoms with Gasteiger partial charge in [-0.25, -0.2) is 8.37 Å². The van der Waals surface area contributed by atoms with Gasteiger partial charge in [0.1, 0.15) is 5.78 Å². The van der Waals surface area contributed by atoms with Crippen molar-refractivity contribution < 1.29 is 37.8 Å². The number of rotatable bonds is 10. The number of hydrogen-bond donors (Lipinski definition) is 0. The fraction of sp³-hybridized carbons (Fsp3) is 0.316. The molecule has 0 saturated heterocycles. The highest BCUT2D eigenvalue weighted by atomic mass is 32.3. The highest BCUT2D eigenvalue weighted by Gasteiger charge is 2.23. The van der Waals surface area contributed by atoms with Gasteiger partial charge >= 0.3 is 21.0 Å². The van der Waals surface area contributed by atoms with E-state index < -0.39 is 46.1 Å². The molecule has 2 aromatic carbocycles. The van der Waals surface area contributed by atoms with Gasteiger partial charge in [0.15, 0.2) is 0 Å². The maximum Gasteiger partial charge on any atom is 0.437 e. The summed E-state index contributed by atoms with van der Waals surface area (Å²) < 4.78 is 74.6. The Morgan fingerprint density at radius 3 is 1.30 bits per heavy atom. The molecule has 0 saturated carbocycles. The first-order valence-corrected chi connectivity index (χ1v) is 11.4. The third-order valence-corrected chi connectivity index (χ3v) is 5.34. The van der Waals surface area contributed by atoms with Crippen LogP contribution >= 0.6 is 0 Å². The third-order valence-electron chi connectivity index (χ3n) is 4.55. The second-order valence-corrected chi connectivity index (χ2v) is 8.68. The molecular formula is C19H20F2O7S2. The first-order chi connectivity index (χ1) is 13.9. The number of benzene rings is 2. The molecule has 2 atom stereocenters. The molecule has 2 unspecified atom stereocenters. The first-order valence-electron chi connectivity index (χ1n) is 8.75. The normalized spacial score (nSPS) is 14.3. The summed E-state index contributed by atoms with van der Waals surface area (Å²) in [6.07, 6.45) is 0. The predicted octanol–water partition coefficient (Wildman–Crippen LogP) is 3.62. The van der Waals surface area contributed by atoms with Crippen LogP contribution in [-0.4, -0.2) is 22.6 Å². The van der Waals surface area contributed by atoms with Crippen molar-refractivity contribution in [3.63, 3.8) is 0 Å². The Morgan fingerprint density at radius 2 is 1.03 bits per heavy atom. The topological polar surface area (TPSA) is 104 Å². The molecule has 11 heteroatoms. The summed E-state index contributed by atoms with van der Waals surface area (Å²) >= 11 is 0. The summed E-state index contributed by atoms with van der Waals surface area (Å²) in [5.74, 6) is -1.03. The number of ketones is 1. The van der Waals surface area contributed by atoms with E-state index in [0.29, 0.717) is 22.3 Å². The third kappa shape index (κ3) is 7.56. The van der Waals surface area contributed by atoms with Gasteiger partial charge in [0.25, 0.3) is 0 Å². The molecule has 0 fully saturated rings. The Balaban J connectivity index is 2.02. The Kier molecular flexibility index (Phi) is 7.81. The van der Waals surface area contributed by atoms with Crippen molar-refractivity contribution in [3.05, 3.63) is 70.8 Å². The van der Waals surface area contributed by atoms with E-state index in [-0.39, 0.29) is 5.78 Å². The lowest BCUT2D eigenvalue weighted by atomic mass is 9.85. The Morgan fingerprint density at radius 1 is 0.733 bits per heavy atom. The van der Waals surface area contributed by atoms with Crippen LogP contribution in [-0.2, 0) is 47.4 Å². The minimum Gasteiger partial charge on any atom is -0.298 e. The van der Waals surface area contributed by atoms with Gasteiger partial charge in [0, 0.05) is 11.8 Å². The lowest BCUT2D eigenvalue weighted by Gasteiger charge is -2.17. The zero-order chi connectivity index (χ0) is 22.5. The molecule has 0 aliphatic carbocycles. The highest BCUT2D eigenvalue weighted by Crippen LogP contribution is 2.27. The molecule has 30 heavy (non-hydrogen) atoms. The van der Waals surface area contributed by atoms with E-state index >= 15 is 0 Å². The van der Waals surface area contributed by atoms with Crippen molar-refractivity contribution >= 4 is 26.8 Å². The van der Waals surface area contributed by atoms with Crippen LogP contribution in [0.3, 0.4) is 0 Å². The van der Waals surface area contributed by atoms with Gasteiger partial charge in [-0.2, -0.15) is 16.8 Å². The van der Waals surface area contributed by atoms with Crippen molar-refractivity contribution in [2.75, 3.05) is 0 Å². The predicted molar refractivity (Wildman–Crippen MR) is 104 cm³/mol. The molecule has 2 aromatic rings. The average Bonchev–Trinajstić information content (AvgIpc) is 2.69. The minimum absolute atomic E-state index is 0.0827. The minimum atomic E-state index is -5.03. The van der Waals surface area contributed by atoms with Gasteiger partial charge < -0.3 is 0 Å². The van der Waals surface area contributed by atoms with E-state index in [9.17, 15) is 29.4 Å². The van der Waals surface area contributed by atoms with Crippen LogP contribution in [0.1, 0.15) is 47.9 Å². The SMILES string of the molecule is CC(C(=O)C(C)c1ccc(COS(=O)(=O)F)cc1)c1ccc(COS(=O)(=O)F)cc1. The van der Waals surface area contributed by atoms with Crippen LogP contribution in [0.25, 0.3) is 0 Å². The zero-order valence-corrected chi connectivity index (χ0v) is 17.8. The van der Waals surface area contributed by atoms with E-state index in [1.165, 1.54) is 0 Å². The summed E-state index contributed by atoms with van der Waals surface area (Å²) in [6.45, 7) is 2.56. The van der Waals surface area contributed by atoms with Gasteiger partial charge in [-0.15, -0.1) is 0 Å². The summed E-state index contributed by atoms with van der Waals surface area (Å²) in [5.41, 5.74) is 2.25. The van der Waals surface area contributed by atoms with Crippen molar-refractivity contribution in [1.82, 2.24) is 0 Å². The molecule has 0 N–H and O–H groups in total. The highest BCUT2D eigenvalue weighted by molar-refractivity contribution is 7.81. The maximum atomic E-state index is 12.8. The number of hydrogen-bond acceptors (Lipinski definition) is 7. The fourth-order valence-electron chi connectivity index (χ4n) is 2.79. The van der Waals surface area contributed by atoms with Gasteiger partial charge in [-0.05, 0) is 22.3 Å². The Bertz CT molecular complexity index is 993. The van der Waals surface area contributed by atoms with E-state index in [1.54, 1.807) is 62.4 Å². The van der Waals surface area contributed by atoms with Crippen molar-refractivity contribution in [2.24, 2.45) is 0 Å².